The summed E-state index contributed by atoms with van der Waals surface area (Å²) in [5.74, 6) is 1.60. The van der Waals surface area contributed by atoms with Crippen LogP contribution in [0.2, 0.25) is 0 Å². The zero-order chi connectivity index (χ0) is 18.9. The van der Waals surface area contributed by atoms with Gasteiger partial charge in [0.25, 0.3) is 0 Å². The van der Waals surface area contributed by atoms with Crippen molar-refractivity contribution in [1.29, 1.82) is 0 Å². The first-order chi connectivity index (χ1) is 13.3. The summed E-state index contributed by atoms with van der Waals surface area (Å²) >= 11 is 0. The third-order valence-corrected chi connectivity index (χ3v) is 4.31. The number of nitrogens with zero attached hydrogens (tertiary/aromatic N) is 2. The second-order valence-electron chi connectivity index (χ2n) is 6.52. The highest BCUT2D eigenvalue weighted by atomic mass is 16.5. The standard InChI is InChI=1S/C20H29N3O4/c1-23-15-17(14-21-7-3-8-25-12-11-24-2)20(22-23)16-5-6-18-19(13-16)27-10-4-9-26-18/h5-6,13,15,21H,3-4,7-12,14H2,1-2H3. The van der Waals surface area contributed by atoms with Crippen molar-refractivity contribution in [2.24, 2.45) is 7.05 Å². The van der Waals surface area contributed by atoms with Gasteiger partial charge in [0, 0.05) is 51.1 Å². The zero-order valence-corrected chi connectivity index (χ0v) is 16.2. The highest BCUT2D eigenvalue weighted by Gasteiger charge is 2.15. The fraction of sp³-hybridized carbons (Fsp3) is 0.550. The molecule has 0 amide bonds. The van der Waals surface area contributed by atoms with Crippen molar-refractivity contribution in [3.8, 4) is 22.8 Å². The van der Waals surface area contributed by atoms with E-state index >= 15 is 0 Å². The molecule has 0 spiro atoms. The molecular formula is C20H29N3O4. The van der Waals surface area contributed by atoms with Crippen LogP contribution < -0.4 is 14.8 Å². The second kappa shape index (κ2) is 10.3. The monoisotopic (exact) mass is 375 g/mol. The third kappa shape index (κ3) is 5.69. The van der Waals surface area contributed by atoms with Gasteiger partial charge in [0.05, 0.1) is 32.1 Å². The molecule has 7 nitrogen and oxygen atoms in total. The summed E-state index contributed by atoms with van der Waals surface area (Å²) in [5, 5.41) is 8.11. The van der Waals surface area contributed by atoms with Crippen LogP contribution in [0.4, 0.5) is 0 Å². The van der Waals surface area contributed by atoms with E-state index in [4.69, 9.17) is 18.9 Å². The molecule has 0 saturated carbocycles. The predicted octanol–water partition coefficient (Wildman–Crippen LogP) is 2.39. The van der Waals surface area contributed by atoms with Gasteiger partial charge in [-0.25, -0.2) is 0 Å². The number of aromatic nitrogens is 2. The van der Waals surface area contributed by atoms with Crippen molar-refractivity contribution in [2.75, 3.05) is 46.7 Å². The van der Waals surface area contributed by atoms with Crippen LogP contribution in [0.5, 0.6) is 11.5 Å². The van der Waals surface area contributed by atoms with Gasteiger partial charge < -0.3 is 24.3 Å². The second-order valence-corrected chi connectivity index (χ2v) is 6.52. The first-order valence-electron chi connectivity index (χ1n) is 9.48. The van der Waals surface area contributed by atoms with Crippen LogP contribution in [0.15, 0.2) is 24.4 Å². The smallest absolute Gasteiger partial charge is 0.161 e. The Kier molecular flexibility index (Phi) is 7.50. The summed E-state index contributed by atoms with van der Waals surface area (Å²) in [6, 6.07) is 6.04. The number of nitrogens with one attached hydrogen (secondary N) is 1. The lowest BCUT2D eigenvalue weighted by Gasteiger charge is -2.10. The molecule has 0 radical (unpaired) electrons. The molecule has 0 aliphatic carbocycles. The molecule has 1 N–H and O–H groups in total. The Hall–Kier alpha value is -2.09. The molecule has 1 aliphatic heterocycles. The van der Waals surface area contributed by atoms with Crippen LogP contribution in [-0.2, 0) is 23.1 Å². The third-order valence-electron chi connectivity index (χ3n) is 4.31. The summed E-state index contributed by atoms with van der Waals surface area (Å²) < 4.78 is 23.8. The average Bonchev–Trinajstić information content (AvgIpc) is 2.89. The van der Waals surface area contributed by atoms with E-state index in [-0.39, 0.29) is 0 Å². The van der Waals surface area contributed by atoms with Crippen molar-refractivity contribution in [3.05, 3.63) is 30.0 Å². The van der Waals surface area contributed by atoms with Crippen molar-refractivity contribution >= 4 is 0 Å². The van der Waals surface area contributed by atoms with Crippen molar-refractivity contribution in [1.82, 2.24) is 15.1 Å². The van der Waals surface area contributed by atoms with Gasteiger partial charge >= 0.3 is 0 Å². The van der Waals surface area contributed by atoms with Crippen LogP contribution in [0.3, 0.4) is 0 Å². The zero-order valence-electron chi connectivity index (χ0n) is 16.2. The lowest BCUT2D eigenvalue weighted by molar-refractivity contribution is 0.0695. The molecule has 0 bridgehead atoms. The van der Waals surface area contributed by atoms with E-state index in [0.717, 1.165) is 60.9 Å². The lowest BCUT2D eigenvalue weighted by atomic mass is 10.1. The summed E-state index contributed by atoms with van der Waals surface area (Å²) in [4.78, 5) is 0. The quantitative estimate of drug-likeness (QED) is 0.643. The fourth-order valence-electron chi connectivity index (χ4n) is 2.99. The van der Waals surface area contributed by atoms with E-state index in [1.165, 1.54) is 0 Å². The van der Waals surface area contributed by atoms with Crippen molar-refractivity contribution in [3.63, 3.8) is 0 Å². The number of hydrogen-bond donors (Lipinski definition) is 1. The Morgan fingerprint density at radius 1 is 1.15 bits per heavy atom. The number of hydrogen-bond acceptors (Lipinski definition) is 6. The van der Waals surface area contributed by atoms with Gasteiger partial charge in [-0.1, -0.05) is 0 Å². The average molecular weight is 375 g/mol. The molecule has 1 aromatic carbocycles. The van der Waals surface area contributed by atoms with Gasteiger partial charge in [0.15, 0.2) is 11.5 Å². The lowest BCUT2D eigenvalue weighted by Crippen LogP contribution is -2.17. The molecule has 148 valence electrons. The molecule has 27 heavy (non-hydrogen) atoms. The number of aryl methyl sites for hydroxylation is 1. The minimum Gasteiger partial charge on any atom is -0.490 e. The molecule has 0 unspecified atom stereocenters. The summed E-state index contributed by atoms with van der Waals surface area (Å²) in [5.41, 5.74) is 3.17. The molecule has 7 heteroatoms. The molecule has 1 aliphatic rings. The van der Waals surface area contributed by atoms with Gasteiger partial charge in [0.1, 0.15) is 0 Å². The van der Waals surface area contributed by atoms with Crippen LogP contribution in [0.1, 0.15) is 18.4 Å². The SMILES string of the molecule is COCCOCCCNCc1cn(C)nc1-c1ccc2c(c1)OCCCO2. The van der Waals surface area contributed by atoms with E-state index in [1.54, 1.807) is 7.11 Å². The minimum atomic E-state index is 0.641. The predicted molar refractivity (Wildman–Crippen MR) is 103 cm³/mol. The highest BCUT2D eigenvalue weighted by Crippen LogP contribution is 2.34. The minimum absolute atomic E-state index is 0.641. The first-order valence-corrected chi connectivity index (χ1v) is 9.48. The molecule has 2 aromatic rings. The number of rotatable bonds is 10. The molecule has 2 heterocycles. The van der Waals surface area contributed by atoms with E-state index in [1.807, 2.05) is 29.9 Å². The first kappa shape index (κ1) is 19.7. The number of fused-ring (bicyclic) bond motifs is 1. The maximum atomic E-state index is 5.81. The Morgan fingerprint density at radius 2 is 2.00 bits per heavy atom. The normalized spacial score (nSPS) is 13.6. The van der Waals surface area contributed by atoms with Crippen LogP contribution in [-0.4, -0.2) is 56.5 Å². The van der Waals surface area contributed by atoms with Gasteiger partial charge in [0.2, 0.25) is 0 Å². The number of methoxy groups -OCH3 is 1. The van der Waals surface area contributed by atoms with Crippen molar-refractivity contribution in [2.45, 2.75) is 19.4 Å². The van der Waals surface area contributed by atoms with Gasteiger partial charge in [-0.3, -0.25) is 4.68 Å². The molecular weight excluding hydrogens is 346 g/mol. The summed E-state index contributed by atoms with van der Waals surface area (Å²) in [7, 11) is 3.62. The summed E-state index contributed by atoms with van der Waals surface area (Å²) in [6.07, 6.45) is 3.92. The van der Waals surface area contributed by atoms with E-state index < -0.39 is 0 Å². The molecule has 1 aromatic heterocycles. The molecule has 3 rings (SSSR count). The maximum absolute atomic E-state index is 5.81. The Labute approximate surface area is 160 Å². The topological polar surface area (TPSA) is 66.8 Å². The van der Waals surface area contributed by atoms with Gasteiger partial charge in [-0.15, -0.1) is 0 Å². The molecule has 0 saturated heterocycles. The summed E-state index contributed by atoms with van der Waals surface area (Å²) in [6.45, 7) is 5.05. The van der Waals surface area contributed by atoms with E-state index in [0.29, 0.717) is 26.4 Å². The Morgan fingerprint density at radius 3 is 2.85 bits per heavy atom. The van der Waals surface area contributed by atoms with Crippen molar-refractivity contribution < 1.29 is 18.9 Å². The number of benzene rings is 1. The Bertz CT molecular complexity index is 717. The highest BCUT2D eigenvalue weighted by molar-refractivity contribution is 5.66. The molecule has 0 atom stereocenters. The number of ether oxygens (including phenoxy) is 4. The fourth-order valence-corrected chi connectivity index (χ4v) is 2.99. The van der Waals surface area contributed by atoms with Gasteiger partial charge in [-0.05, 0) is 31.2 Å². The molecule has 0 fully saturated rings. The van der Waals surface area contributed by atoms with E-state index in [2.05, 4.69) is 16.6 Å². The van der Waals surface area contributed by atoms with Crippen LogP contribution in [0.25, 0.3) is 11.3 Å². The van der Waals surface area contributed by atoms with Gasteiger partial charge in [-0.2, -0.15) is 5.10 Å². The van der Waals surface area contributed by atoms with Crippen LogP contribution in [0, 0.1) is 0 Å². The van der Waals surface area contributed by atoms with Crippen LogP contribution >= 0.6 is 0 Å². The van der Waals surface area contributed by atoms with E-state index in [9.17, 15) is 0 Å². The Balaban J connectivity index is 1.57. The maximum Gasteiger partial charge on any atom is 0.161 e. The largest absolute Gasteiger partial charge is 0.490 e.